The average Bonchev–Trinajstić information content (AvgIpc) is 2.73. The zero-order valence-corrected chi connectivity index (χ0v) is 17.7. The number of fused-ring (bicyclic) bond motifs is 1. The van der Waals surface area contributed by atoms with Crippen molar-refractivity contribution in [1.29, 1.82) is 0 Å². The molecule has 2 aromatic rings. The van der Waals surface area contributed by atoms with E-state index in [1.54, 1.807) is 0 Å². The van der Waals surface area contributed by atoms with Crippen molar-refractivity contribution < 1.29 is 19.1 Å². The summed E-state index contributed by atoms with van der Waals surface area (Å²) in [5, 5.41) is 1.99. The third kappa shape index (κ3) is 9.12. The third-order valence-corrected chi connectivity index (χ3v) is 5.00. The lowest BCUT2D eigenvalue weighted by atomic mass is 10.1. The normalized spacial score (nSPS) is 10.8. The molecular weight excluding hydrogens is 364 g/mol. The highest BCUT2D eigenvalue weighted by atomic mass is 16.5. The SMILES string of the molecule is CCCCCCCCOC(=O)CCCCCC(=O)Oc1cccc2ccccc12. The fraction of sp³-hybridized carbons (Fsp3) is 0.520. The van der Waals surface area contributed by atoms with E-state index in [1.807, 2.05) is 42.5 Å². The topological polar surface area (TPSA) is 52.6 Å². The summed E-state index contributed by atoms with van der Waals surface area (Å²) in [6, 6.07) is 13.6. The summed E-state index contributed by atoms with van der Waals surface area (Å²) in [6.07, 6.45) is 10.2. The Kier molecular flexibility index (Phi) is 10.9. The van der Waals surface area contributed by atoms with Crippen LogP contribution in [0.5, 0.6) is 5.75 Å². The zero-order valence-electron chi connectivity index (χ0n) is 17.7. The van der Waals surface area contributed by atoms with Crippen LogP contribution in [0.25, 0.3) is 10.8 Å². The van der Waals surface area contributed by atoms with Crippen molar-refractivity contribution in [3.63, 3.8) is 0 Å². The fourth-order valence-corrected chi connectivity index (χ4v) is 3.31. The molecular formula is C25H34O4. The Hall–Kier alpha value is -2.36. The van der Waals surface area contributed by atoms with E-state index in [-0.39, 0.29) is 11.9 Å². The maximum absolute atomic E-state index is 12.1. The molecule has 0 radical (unpaired) electrons. The smallest absolute Gasteiger partial charge is 0.311 e. The summed E-state index contributed by atoms with van der Waals surface area (Å²) in [5.74, 6) is 0.246. The maximum Gasteiger partial charge on any atom is 0.311 e. The van der Waals surface area contributed by atoms with Crippen LogP contribution in [0, 0.1) is 0 Å². The Morgan fingerprint density at radius 1 is 0.724 bits per heavy atom. The number of benzene rings is 2. The second-order valence-electron chi connectivity index (χ2n) is 7.50. The van der Waals surface area contributed by atoms with Crippen LogP contribution in [0.2, 0.25) is 0 Å². The highest BCUT2D eigenvalue weighted by Crippen LogP contribution is 2.25. The molecule has 0 heterocycles. The van der Waals surface area contributed by atoms with Gasteiger partial charge in [-0.2, -0.15) is 0 Å². The van der Waals surface area contributed by atoms with E-state index in [2.05, 4.69) is 6.92 Å². The molecule has 0 aromatic heterocycles. The van der Waals surface area contributed by atoms with Crippen molar-refractivity contribution in [2.45, 2.75) is 77.6 Å². The largest absolute Gasteiger partial charge is 0.466 e. The van der Waals surface area contributed by atoms with E-state index in [9.17, 15) is 9.59 Å². The molecule has 4 nitrogen and oxygen atoms in total. The minimum atomic E-state index is -0.230. The number of ether oxygens (including phenoxy) is 2. The number of carbonyl (C=O) groups excluding carboxylic acids is 2. The molecule has 2 aromatic carbocycles. The molecule has 29 heavy (non-hydrogen) atoms. The summed E-state index contributed by atoms with van der Waals surface area (Å²) < 4.78 is 10.8. The van der Waals surface area contributed by atoms with Gasteiger partial charge in [0, 0.05) is 18.2 Å². The van der Waals surface area contributed by atoms with Crippen LogP contribution >= 0.6 is 0 Å². The van der Waals surface area contributed by atoms with Crippen molar-refractivity contribution in [3.8, 4) is 5.75 Å². The highest BCUT2D eigenvalue weighted by Gasteiger charge is 2.08. The van der Waals surface area contributed by atoms with Gasteiger partial charge in [0.05, 0.1) is 6.61 Å². The van der Waals surface area contributed by atoms with E-state index in [0.717, 1.165) is 36.5 Å². The van der Waals surface area contributed by atoms with Crippen molar-refractivity contribution in [2.24, 2.45) is 0 Å². The first-order chi connectivity index (χ1) is 14.2. The van der Waals surface area contributed by atoms with Crippen molar-refractivity contribution >= 4 is 22.7 Å². The monoisotopic (exact) mass is 398 g/mol. The second-order valence-corrected chi connectivity index (χ2v) is 7.50. The first kappa shape index (κ1) is 22.9. The predicted molar refractivity (Wildman–Crippen MR) is 117 cm³/mol. The number of esters is 2. The summed E-state index contributed by atoms with van der Waals surface area (Å²) in [4.78, 5) is 23.8. The maximum atomic E-state index is 12.1. The van der Waals surface area contributed by atoms with Crippen LogP contribution in [0.3, 0.4) is 0 Å². The van der Waals surface area contributed by atoms with E-state index in [1.165, 1.54) is 25.7 Å². The van der Waals surface area contributed by atoms with Crippen LogP contribution < -0.4 is 4.74 Å². The summed E-state index contributed by atoms with van der Waals surface area (Å²) in [6.45, 7) is 2.73. The molecule has 0 spiro atoms. The van der Waals surface area contributed by atoms with Gasteiger partial charge in [-0.1, -0.05) is 81.8 Å². The third-order valence-electron chi connectivity index (χ3n) is 5.00. The van der Waals surface area contributed by atoms with Gasteiger partial charge in [-0.15, -0.1) is 0 Å². The number of hydrogen-bond donors (Lipinski definition) is 0. The van der Waals surface area contributed by atoms with Crippen molar-refractivity contribution in [1.82, 2.24) is 0 Å². The van der Waals surface area contributed by atoms with Gasteiger partial charge < -0.3 is 9.47 Å². The molecule has 0 aliphatic heterocycles. The van der Waals surface area contributed by atoms with E-state index in [4.69, 9.17) is 9.47 Å². The van der Waals surface area contributed by atoms with Gasteiger partial charge in [0.2, 0.25) is 0 Å². The molecule has 0 fully saturated rings. The Labute approximate surface area is 174 Å². The lowest BCUT2D eigenvalue weighted by Crippen LogP contribution is -2.08. The molecule has 0 bridgehead atoms. The highest BCUT2D eigenvalue weighted by molar-refractivity contribution is 5.90. The second kappa shape index (κ2) is 13.8. The zero-order chi connectivity index (χ0) is 20.7. The first-order valence-electron chi connectivity index (χ1n) is 11.0. The lowest BCUT2D eigenvalue weighted by molar-refractivity contribution is -0.143. The first-order valence-corrected chi connectivity index (χ1v) is 11.0. The van der Waals surface area contributed by atoms with Gasteiger partial charge in [-0.3, -0.25) is 9.59 Å². The van der Waals surface area contributed by atoms with Gasteiger partial charge in [0.1, 0.15) is 5.75 Å². The average molecular weight is 399 g/mol. The van der Waals surface area contributed by atoms with E-state index in [0.29, 0.717) is 31.6 Å². The van der Waals surface area contributed by atoms with Crippen LogP contribution in [-0.4, -0.2) is 18.5 Å². The minimum Gasteiger partial charge on any atom is -0.466 e. The molecule has 0 amide bonds. The predicted octanol–water partition coefficient (Wildman–Crippen LogP) is 6.60. The Morgan fingerprint density at radius 2 is 1.38 bits per heavy atom. The Balaban J connectivity index is 1.53. The fourth-order valence-electron chi connectivity index (χ4n) is 3.31. The molecule has 0 unspecified atom stereocenters. The number of hydrogen-bond acceptors (Lipinski definition) is 4. The summed E-state index contributed by atoms with van der Waals surface area (Å²) >= 11 is 0. The van der Waals surface area contributed by atoms with Gasteiger partial charge >= 0.3 is 11.9 Å². The Bertz CT molecular complexity index is 748. The van der Waals surface area contributed by atoms with Gasteiger partial charge in [-0.25, -0.2) is 0 Å². The van der Waals surface area contributed by atoms with Gasteiger partial charge in [0.25, 0.3) is 0 Å². The summed E-state index contributed by atoms with van der Waals surface area (Å²) in [5.41, 5.74) is 0. The minimum absolute atomic E-state index is 0.128. The van der Waals surface area contributed by atoms with E-state index < -0.39 is 0 Å². The van der Waals surface area contributed by atoms with Crippen molar-refractivity contribution in [3.05, 3.63) is 42.5 Å². The van der Waals surface area contributed by atoms with Crippen molar-refractivity contribution in [2.75, 3.05) is 6.61 Å². The molecule has 0 aliphatic rings. The summed E-state index contributed by atoms with van der Waals surface area (Å²) in [7, 11) is 0. The Morgan fingerprint density at radius 3 is 2.21 bits per heavy atom. The molecule has 0 saturated carbocycles. The molecule has 0 atom stereocenters. The number of rotatable bonds is 14. The number of unbranched alkanes of at least 4 members (excludes halogenated alkanes) is 7. The quantitative estimate of drug-likeness (QED) is 0.204. The van der Waals surface area contributed by atoms with E-state index >= 15 is 0 Å². The van der Waals surface area contributed by atoms with Crippen LogP contribution in [0.1, 0.15) is 77.6 Å². The van der Waals surface area contributed by atoms with Gasteiger partial charge in [-0.05, 0) is 30.7 Å². The molecule has 0 saturated heterocycles. The standard InChI is InChI=1S/C25H34O4/c1-2-3-4-5-6-12-20-28-24(26)18-8-7-9-19-25(27)29-23-17-13-15-21-14-10-11-16-22(21)23/h10-11,13-17H,2-9,12,18-20H2,1H3. The van der Waals surface area contributed by atoms with Gasteiger partial charge in [0.15, 0.2) is 0 Å². The molecule has 0 N–H and O–H groups in total. The molecule has 2 rings (SSSR count). The van der Waals surface area contributed by atoms with Crippen LogP contribution in [0.15, 0.2) is 42.5 Å². The molecule has 0 aliphatic carbocycles. The van der Waals surface area contributed by atoms with Crippen LogP contribution in [-0.2, 0) is 14.3 Å². The van der Waals surface area contributed by atoms with Crippen LogP contribution in [0.4, 0.5) is 0 Å². The number of carbonyl (C=O) groups is 2. The molecule has 158 valence electrons. The molecule has 4 heteroatoms. The lowest BCUT2D eigenvalue weighted by Gasteiger charge is -2.08.